The van der Waals surface area contributed by atoms with Crippen molar-refractivity contribution in [3.8, 4) is 11.5 Å². The van der Waals surface area contributed by atoms with Gasteiger partial charge in [0, 0.05) is 28.8 Å². The highest BCUT2D eigenvalue weighted by Crippen LogP contribution is 2.42. The molecular formula is C18H17NO4. The van der Waals surface area contributed by atoms with Crippen LogP contribution >= 0.6 is 0 Å². The maximum atomic E-state index is 11.5. The standard InChI is InChI=1S/C18H17NO4/c1-18(2,22)15-7-13-16-12(5-9(8-20)17(13)23-15)11-4-3-10(21)6-14(11)19-16/h3-6,8,15,19,21-22H,7H2,1-2H3/t15-/m1/s1. The molecule has 0 bridgehead atoms. The van der Waals surface area contributed by atoms with Gasteiger partial charge >= 0.3 is 0 Å². The SMILES string of the molecule is CC(C)(O)[C@H]1Cc2c(c(C=O)cc3c2[nH]c2cc(O)ccc23)O1. The second kappa shape index (κ2) is 4.49. The van der Waals surface area contributed by atoms with Crippen molar-refractivity contribution < 1.29 is 19.7 Å². The first-order valence-electron chi connectivity index (χ1n) is 7.53. The van der Waals surface area contributed by atoms with Crippen molar-refractivity contribution >= 4 is 28.1 Å². The summed E-state index contributed by atoms with van der Waals surface area (Å²) in [5.41, 5.74) is 2.06. The number of phenols is 1. The number of benzene rings is 2. The maximum absolute atomic E-state index is 11.5. The molecule has 3 aromatic rings. The van der Waals surface area contributed by atoms with E-state index in [2.05, 4.69) is 4.98 Å². The van der Waals surface area contributed by atoms with Crippen molar-refractivity contribution in [1.82, 2.24) is 4.98 Å². The lowest BCUT2D eigenvalue weighted by Gasteiger charge is -2.24. The molecular weight excluding hydrogens is 294 g/mol. The molecule has 5 nitrogen and oxygen atoms in total. The molecule has 0 saturated heterocycles. The van der Waals surface area contributed by atoms with E-state index in [1.807, 2.05) is 6.07 Å². The van der Waals surface area contributed by atoms with Crippen molar-refractivity contribution in [2.24, 2.45) is 0 Å². The third-order valence-electron chi connectivity index (χ3n) is 4.52. The van der Waals surface area contributed by atoms with Gasteiger partial charge in [0.05, 0.1) is 22.2 Å². The van der Waals surface area contributed by atoms with Gasteiger partial charge in [0.15, 0.2) is 6.29 Å². The Balaban J connectivity index is 2.02. The summed E-state index contributed by atoms with van der Waals surface area (Å²) in [6, 6.07) is 6.91. The highest BCUT2D eigenvalue weighted by molar-refractivity contribution is 6.11. The Kier molecular flexibility index (Phi) is 2.75. The lowest BCUT2D eigenvalue weighted by atomic mass is 9.95. The molecule has 5 heteroatoms. The van der Waals surface area contributed by atoms with Crippen LogP contribution < -0.4 is 4.74 Å². The molecule has 0 saturated carbocycles. The molecule has 1 aromatic heterocycles. The Hall–Kier alpha value is -2.53. The first-order chi connectivity index (χ1) is 10.9. The number of nitrogens with one attached hydrogen (secondary N) is 1. The smallest absolute Gasteiger partial charge is 0.153 e. The van der Waals surface area contributed by atoms with Gasteiger partial charge in [0.2, 0.25) is 0 Å². The van der Waals surface area contributed by atoms with Crippen LogP contribution in [0.2, 0.25) is 0 Å². The van der Waals surface area contributed by atoms with Crippen LogP contribution in [0, 0.1) is 0 Å². The zero-order valence-corrected chi connectivity index (χ0v) is 12.9. The highest BCUT2D eigenvalue weighted by atomic mass is 16.5. The van der Waals surface area contributed by atoms with E-state index in [0.29, 0.717) is 17.7 Å². The number of aromatic nitrogens is 1. The van der Waals surface area contributed by atoms with E-state index in [-0.39, 0.29) is 5.75 Å². The lowest BCUT2D eigenvalue weighted by molar-refractivity contribution is -0.0230. The van der Waals surface area contributed by atoms with Crippen molar-refractivity contribution in [3.63, 3.8) is 0 Å². The number of aliphatic hydroxyl groups is 1. The summed E-state index contributed by atoms with van der Waals surface area (Å²) in [4.78, 5) is 14.8. The van der Waals surface area contributed by atoms with Crippen molar-refractivity contribution in [2.75, 3.05) is 0 Å². The summed E-state index contributed by atoms with van der Waals surface area (Å²) in [6.45, 7) is 3.40. The number of phenolic OH excluding ortho intramolecular Hbond substituents is 1. The monoisotopic (exact) mass is 311 g/mol. The summed E-state index contributed by atoms with van der Waals surface area (Å²) in [5, 5.41) is 21.8. The third-order valence-corrected chi connectivity index (χ3v) is 4.52. The van der Waals surface area contributed by atoms with Crippen molar-refractivity contribution in [1.29, 1.82) is 0 Å². The van der Waals surface area contributed by atoms with Gasteiger partial charge in [0.25, 0.3) is 0 Å². The number of rotatable bonds is 2. The fourth-order valence-electron chi connectivity index (χ4n) is 3.29. The number of hydrogen-bond acceptors (Lipinski definition) is 4. The number of ether oxygens (including phenoxy) is 1. The fourth-order valence-corrected chi connectivity index (χ4v) is 3.29. The van der Waals surface area contributed by atoms with Crippen LogP contribution in [0.1, 0.15) is 29.8 Å². The number of fused-ring (bicyclic) bond motifs is 5. The average molecular weight is 311 g/mol. The largest absolute Gasteiger partial charge is 0.508 e. The van der Waals surface area contributed by atoms with E-state index < -0.39 is 11.7 Å². The number of aromatic hydroxyl groups is 1. The Morgan fingerprint density at radius 3 is 2.78 bits per heavy atom. The van der Waals surface area contributed by atoms with Crippen LogP contribution in [0.3, 0.4) is 0 Å². The van der Waals surface area contributed by atoms with E-state index in [0.717, 1.165) is 33.7 Å². The van der Waals surface area contributed by atoms with Crippen LogP contribution in [-0.2, 0) is 6.42 Å². The van der Waals surface area contributed by atoms with Crippen LogP contribution in [0.4, 0.5) is 0 Å². The molecule has 4 rings (SSSR count). The van der Waals surface area contributed by atoms with Crippen LogP contribution in [0.25, 0.3) is 21.8 Å². The molecule has 0 fully saturated rings. The Bertz CT molecular complexity index is 949. The molecule has 118 valence electrons. The molecule has 1 aliphatic rings. The zero-order chi connectivity index (χ0) is 16.4. The summed E-state index contributed by atoms with van der Waals surface area (Å²) in [5.74, 6) is 0.720. The molecule has 0 aliphatic carbocycles. The normalized spacial score (nSPS) is 17.4. The van der Waals surface area contributed by atoms with Crippen LogP contribution in [0.15, 0.2) is 24.3 Å². The maximum Gasteiger partial charge on any atom is 0.153 e. The van der Waals surface area contributed by atoms with Crippen LogP contribution in [-0.4, -0.2) is 33.2 Å². The molecule has 0 amide bonds. The minimum atomic E-state index is -1.00. The van der Waals surface area contributed by atoms with E-state index in [1.165, 1.54) is 0 Å². The Morgan fingerprint density at radius 1 is 1.30 bits per heavy atom. The van der Waals surface area contributed by atoms with Gasteiger partial charge in [-0.05, 0) is 32.0 Å². The molecule has 1 atom stereocenters. The fraction of sp³-hybridized carbons (Fsp3) is 0.278. The number of hydrogen-bond donors (Lipinski definition) is 3. The topological polar surface area (TPSA) is 82.5 Å². The van der Waals surface area contributed by atoms with Crippen molar-refractivity contribution in [3.05, 3.63) is 35.4 Å². The second-order valence-corrected chi connectivity index (χ2v) is 6.63. The number of aromatic amines is 1. The minimum absolute atomic E-state index is 0.182. The van der Waals surface area contributed by atoms with Gasteiger partial charge in [-0.3, -0.25) is 4.79 Å². The minimum Gasteiger partial charge on any atom is -0.508 e. The van der Waals surface area contributed by atoms with Gasteiger partial charge in [-0.2, -0.15) is 0 Å². The summed E-state index contributed by atoms with van der Waals surface area (Å²) in [6.07, 6.45) is 0.904. The molecule has 3 N–H and O–H groups in total. The molecule has 2 heterocycles. The second-order valence-electron chi connectivity index (χ2n) is 6.63. The summed E-state index contributed by atoms with van der Waals surface area (Å²) in [7, 11) is 0. The number of carbonyl (C=O) groups excluding carboxylic acids is 1. The Morgan fingerprint density at radius 2 is 2.09 bits per heavy atom. The lowest BCUT2D eigenvalue weighted by Crippen LogP contribution is -2.39. The number of carbonyl (C=O) groups is 1. The predicted molar refractivity (Wildman–Crippen MR) is 87.3 cm³/mol. The van der Waals surface area contributed by atoms with Crippen LogP contribution in [0.5, 0.6) is 11.5 Å². The van der Waals surface area contributed by atoms with E-state index in [9.17, 15) is 15.0 Å². The summed E-state index contributed by atoms with van der Waals surface area (Å²) >= 11 is 0. The molecule has 23 heavy (non-hydrogen) atoms. The molecule has 0 unspecified atom stereocenters. The van der Waals surface area contributed by atoms with Gasteiger partial charge in [-0.15, -0.1) is 0 Å². The first-order valence-corrected chi connectivity index (χ1v) is 7.53. The van der Waals surface area contributed by atoms with E-state index in [4.69, 9.17) is 4.74 Å². The summed E-state index contributed by atoms with van der Waals surface area (Å²) < 4.78 is 5.87. The van der Waals surface area contributed by atoms with Gasteiger partial charge in [0.1, 0.15) is 17.6 Å². The van der Waals surface area contributed by atoms with E-state index >= 15 is 0 Å². The average Bonchev–Trinajstić information content (AvgIpc) is 3.06. The molecule has 1 aliphatic heterocycles. The molecule has 2 aromatic carbocycles. The third kappa shape index (κ3) is 2.00. The number of aldehydes is 1. The Labute approximate surface area is 132 Å². The molecule has 0 spiro atoms. The van der Waals surface area contributed by atoms with Gasteiger partial charge in [-0.25, -0.2) is 0 Å². The first kappa shape index (κ1) is 14.1. The van der Waals surface area contributed by atoms with E-state index in [1.54, 1.807) is 32.0 Å². The predicted octanol–water partition coefficient (Wildman–Crippen LogP) is 2.91. The van der Waals surface area contributed by atoms with Gasteiger partial charge in [-0.1, -0.05) is 0 Å². The zero-order valence-electron chi connectivity index (χ0n) is 12.9. The van der Waals surface area contributed by atoms with Gasteiger partial charge < -0.3 is 19.9 Å². The molecule has 0 radical (unpaired) electrons. The van der Waals surface area contributed by atoms with Crippen molar-refractivity contribution in [2.45, 2.75) is 32.0 Å². The highest BCUT2D eigenvalue weighted by Gasteiger charge is 2.37. The number of H-pyrrole nitrogens is 1. The quantitative estimate of drug-likeness (QED) is 0.636.